The van der Waals surface area contributed by atoms with Crippen LogP contribution >= 0.6 is 11.3 Å². The molecular weight excluding hydrogens is 322 g/mol. The van der Waals surface area contributed by atoms with Crippen molar-refractivity contribution in [3.63, 3.8) is 0 Å². The lowest BCUT2D eigenvalue weighted by molar-refractivity contribution is -0.120. The summed E-state index contributed by atoms with van der Waals surface area (Å²) in [6.07, 6.45) is 0.550. The van der Waals surface area contributed by atoms with Gasteiger partial charge < -0.3 is 10.6 Å². The molecule has 0 bridgehead atoms. The first-order valence-electron chi connectivity index (χ1n) is 7.91. The second-order valence-electron chi connectivity index (χ2n) is 6.60. The second kappa shape index (κ2) is 8.06. The fourth-order valence-corrected chi connectivity index (χ4v) is 2.97. The fourth-order valence-electron chi connectivity index (χ4n) is 2.02. The first-order chi connectivity index (χ1) is 11.3. The molecule has 1 aromatic heterocycles. The Morgan fingerprint density at radius 2 is 1.83 bits per heavy atom. The lowest BCUT2D eigenvalue weighted by Gasteiger charge is -2.14. The summed E-state index contributed by atoms with van der Waals surface area (Å²) < 4.78 is 0. The summed E-state index contributed by atoms with van der Waals surface area (Å²) in [7, 11) is 0. The summed E-state index contributed by atoms with van der Waals surface area (Å²) in [6, 6.07) is 9.52. The Labute approximate surface area is 146 Å². The van der Waals surface area contributed by atoms with Gasteiger partial charge in [-0.25, -0.2) is 4.98 Å². The molecule has 1 heterocycles. The highest BCUT2D eigenvalue weighted by Gasteiger charge is 2.18. The van der Waals surface area contributed by atoms with Gasteiger partial charge in [0.05, 0.1) is 12.1 Å². The van der Waals surface area contributed by atoms with Crippen molar-refractivity contribution in [1.29, 1.82) is 0 Å². The highest BCUT2D eigenvalue weighted by molar-refractivity contribution is 7.13. The van der Waals surface area contributed by atoms with Gasteiger partial charge in [0.2, 0.25) is 11.8 Å². The average molecular weight is 345 g/mol. The number of carbonyl (C=O) groups excluding carboxylic acids is 2. The molecule has 0 atom stereocenters. The molecule has 0 radical (unpaired) electrons. The summed E-state index contributed by atoms with van der Waals surface area (Å²) in [5, 5.41) is 8.09. The number of amides is 2. The predicted octanol–water partition coefficient (Wildman–Crippen LogP) is 3.13. The van der Waals surface area contributed by atoms with Gasteiger partial charge in [0.1, 0.15) is 0 Å². The molecule has 2 rings (SSSR count). The SMILES string of the molecule is CC(C)(C)c1csc(NC(=O)CCNC(=O)Cc2ccccc2)n1. The number of nitrogens with zero attached hydrogens (tertiary/aromatic N) is 1. The minimum Gasteiger partial charge on any atom is -0.355 e. The molecule has 0 aliphatic rings. The van der Waals surface area contributed by atoms with Crippen molar-refractivity contribution in [2.24, 2.45) is 0 Å². The molecule has 0 spiro atoms. The van der Waals surface area contributed by atoms with E-state index in [0.29, 0.717) is 18.1 Å². The van der Waals surface area contributed by atoms with E-state index in [1.807, 2.05) is 35.7 Å². The van der Waals surface area contributed by atoms with Crippen molar-refractivity contribution in [3.05, 3.63) is 47.0 Å². The van der Waals surface area contributed by atoms with Crippen LogP contribution in [0.4, 0.5) is 5.13 Å². The van der Waals surface area contributed by atoms with Gasteiger partial charge >= 0.3 is 0 Å². The molecule has 0 aliphatic heterocycles. The van der Waals surface area contributed by atoms with Crippen molar-refractivity contribution in [2.45, 2.75) is 39.0 Å². The first-order valence-corrected chi connectivity index (χ1v) is 8.79. The number of anilines is 1. The summed E-state index contributed by atoms with van der Waals surface area (Å²) in [4.78, 5) is 28.1. The molecule has 24 heavy (non-hydrogen) atoms. The van der Waals surface area contributed by atoms with Gasteiger partial charge in [-0.05, 0) is 5.56 Å². The molecule has 0 fully saturated rings. The van der Waals surface area contributed by atoms with Crippen molar-refractivity contribution < 1.29 is 9.59 Å². The highest BCUT2D eigenvalue weighted by atomic mass is 32.1. The van der Waals surface area contributed by atoms with E-state index in [4.69, 9.17) is 0 Å². The molecular formula is C18H23N3O2S. The van der Waals surface area contributed by atoms with E-state index in [-0.39, 0.29) is 23.7 Å². The van der Waals surface area contributed by atoms with Crippen molar-refractivity contribution in [3.8, 4) is 0 Å². The normalized spacial score (nSPS) is 11.1. The van der Waals surface area contributed by atoms with Crippen molar-refractivity contribution >= 4 is 28.3 Å². The van der Waals surface area contributed by atoms with Crippen LogP contribution < -0.4 is 10.6 Å². The van der Waals surface area contributed by atoms with Crippen LogP contribution in [-0.4, -0.2) is 23.3 Å². The van der Waals surface area contributed by atoms with Crippen LogP contribution in [0.5, 0.6) is 0 Å². The third kappa shape index (κ3) is 5.77. The molecule has 0 saturated carbocycles. The van der Waals surface area contributed by atoms with Crippen LogP contribution in [0.1, 0.15) is 38.4 Å². The zero-order valence-electron chi connectivity index (χ0n) is 14.3. The Morgan fingerprint density at radius 3 is 2.46 bits per heavy atom. The molecule has 2 aromatic rings. The molecule has 2 amide bonds. The van der Waals surface area contributed by atoms with Gasteiger partial charge in [0.25, 0.3) is 0 Å². The van der Waals surface area contributed by atoms with Crippen LogP contribution in [0.25, 0.3) is 0 Å². The summed E-state index contributed by atoms with van der Waals surface area (Å²) in [6.45, 7) is 6.55. The minimum absolute atomic E-state index is 0.0368. The van der Waals surface area contributed by atoms with E-state index in [0.717, 1.165) is 11.3 Å². The maximum absolute atomic E-state index is 11.9. The van der Waals surface area contributed by atoms with Gasteiger partial charge in [-0.3, -0.25) is 9.59 Å². The van der Waals surface area contributed by atoms with Gasteiger partial charge in [0, 0.05) is 23.8 Å². The van der Waals surface area contributed by atoms with Crippen molar-refractivity contribution in [2.75, 3.05) is 11.9 Å². The van der Waals surface area contributed by atoms with Crippen LogP contribution in [0, 0.1) is 0 Å². The van der Waals surface area contributed by atoms with Gasteiger partial charge in [0.15, 0.2) is 5.13 Å². The van der Waals surface area contributed by atoms with E-state index >= 15 is 0 Å². The summed E-state index contributed by atoms with van der Waals surface area (Å²) >= 11 is 1.42. The Morgan fingerprint density at radius 1 is 1.12 bits per heavy atom. The number of rotatable bonds is 6. The standard InChI is InChI=1S/C18H23N3O2S/c1-18(2,3)14-12-24-17(20-14)21-15(22)9-10-19-16(23)11-13-7-5-4-6-8-13/h4-8,12H,9-11H2,1-3H3,(H,19,23)(H,20,21,22). The first kappa shape index (κ1) is 18.1. The molecule has 128 valence electrons. The summed E-state index contributed by atoms with van der Waals surface area (Å²) in [5.74, 6) is -0.233. The van der Waals surface area contributed by atoms with E-state index < -0.39 is 0 Å². The van der Waals surface area contributed by atoms with E-state index in [9.17, 15) is 9.59 Å². The minimum atomic E-state index is -0.148. The topological polar surface area (TPSA) is 71.1 Å². The quantitative estimate of drug-likeness (QED) is 0.845. The third-order valence-corrected chi connectivity index (χ3v) is 4.16. The number of aromatic nitrogens is 1. The van der Waals surface area contributed by atoms with Crippen molar-refractivity contribution in [1.82, 2.24) is 10.3 Å². The van der Waals surface area contributed by atoms with E-state index in [1.165, 1.54) is 11.3 Å². The smallest absolute Gasteiger partial charge is 0.227 e. The van der Waals surface area contributed by atoms with Crippen LogP contribution in [0.3, 0.4) is 0 Å². The Bertz CT molecular complexity index is 690. The zero-order chi connectivity index (χ0) is 17.6. The van der Waals surface area contributed by atoms with E-state index in [1.54, 1.807) is 0 Å². The predicted molar refractivity (Wildman–Crippen MR) is 97.2 cm³/mol. The average Bonchev–Trinajstić information content (AvgIpc) is 2.97. The maximum atomic E-state index is 11.9. The summed E-state index contributed by atoms with van der Waals surface area (Å²) in [5.41, 5.74) is 1.88. The van der Waals surface area contributed by atoms with E-state index in [2.05, 4.69) is 36.4 Å². The highest BCUT2D eigenvalue weighted by Crippen LogP contribution is 2.26. The Balaban J connectivity index is 1.71. The number of nitrogens with one attached hydrogen (secondary N) is 2. The molecule has 0 saturated heterocycles. The van der Waals surface area contributed by atoms with Crippen LogP contribution in [-0.2, 0) is 21.4 Å². The van der Waals surface area contributed by atoms with Crippen LogP contribution in [0.2, 0.25) is 0 Å². The third-order valence-electron chi connectivity index (χ3n) is 3.40. The fraction of sp³-hybridized carbons (Fsp3) is 0.389. The molecule has 0 unspecified atom stereocenters. The molecule has 5 nitrogen and oxygen atoms in total. The molecule has 6 heteroatoms. The number of benzene rings is 1. The molecule has 0 aliphatic carbocycles. The number of hydrogen-bond donors (Lipinski definition) is 2. The zero-order valence-corrected chi connectivity index (χ0v) is 15.1. The second-order valence-corrected chi connectivity index (χ2v) is 7.46. The monoisotopic (exact) mass is 345 g/mol. The largest absolute Gasteiger partial charge is 0.355 e. The number of carbonyl (C=O) groups is 2. The van der Waals surface area contributed by atoms with Gasteiger partial charge in [-0.2, -0.15) is 0 Å². The van der Waals surface area contributed by atoms with Gasteiger partial charge in [-0.1, -0.05) is 51.1 Å². The Kier molecular flexibility index (Phi) is 6.09. The number of hydrogen-bond acceptors (Lipinski definition) is 4. The van der Waals surface area contributed by atoms with Gasteiger partial charge in [-0.15, -0.1) is 11.3 Å². The molecule has 2 N–H and O–H groups in total. The van der Waals surface area contributed by atoms with Crippen LogP contribution in [0.15, 0.2) is 35.7 Å². The lowest BCUT2D eigenvalue weighted by Crippen LogP contribution is -2.28. The number of thiazole rings is 1. The maximum Gasteiger partial charge on any atom is 0.227 e. The lowest BCUT2D eigenvalue weighted by atomic mass is 9.93. The molecule has 1 aromatic carbocycles. The Hall–Kier alpha value is -2.21.